The molecule has 0 aliphatic heterocycles. The van der Waals surface area contributed by atoms with Crippen LogP contribution in [-0.4, -0.2) is 30.2 Å². The van der Waals surface area contributed by atoms with Crippen LogP contribution in [0.1, 0.15) is 25.1 Å². The third-order valence-electron chi connectivity index (χ3n) is 4.72. The van der Waals surface area contributed by atoms with Crippen molar-refractivity contribution in [2.45, 2.75) is 27.7 Å². The van der Waals surface area contributed by atoms with E-state index in [4.69, 9.17) is 4.74 Å². The summed E-state index contributed by atoms with van der Waals surface area (Å²) in [5.74, 6) is 2.01. The van der Waals surface area contributed by atoms with Gasteiger partial charge < -0.3 is 20.3 Å². The normalized spacial score (nSPS) is 10.5. The SMILES string of the molecule is CCN(CC)c1ccc(Nc2cc(C)nc(Nc3cc(C)ccc3OC)n2)cc1. The fourth-order valence-corrected chi connectivity index (χ4v) is 3.22. The molecule has 0 fully saturated rings. The quantitative estimate of drug-likeness (QED) is 0.533. The fourth-order valence-electron chi connectivity index (χ4n) is 3.22. The van der Waals surface area contributed by atoms with Gasteiger partial charge in [0.05, 0.1) is 12.8 Å². The highest BCUT2D eigenvalue weighted by Crippen LogP contribution is 2.28. The molecular formula is C23H29N5O. The van der Waals surface area contributed by atoms with Gasteiger partial charge in [-0.15, -0.1) is 0 Å². The van der Waals surface area contributed by atoms with E-state index in [0.29, 0.717) is 5.95 Å². The summed E-state index contributed by atoms with van der Waals surface area (Å²) in [5, 5.41) is 6.65. The van der Waals surface area contributed by atoms with Gasteiger partial charge in [-0.1, -0.05) is 6.07 Å². The monoisotopic (exact) mass is 391 g/mol. The Hall–Kier alpha value is -3.28. The number of anilines is 5. The molecule has 3 rings (SSSR count). The smallest absolute Gasteiger partial charge is 0.229 e. The van der Waals surface area contributed by atoms with Gasteiger partial charge in [0.1, 0.15) is 11.6 Å². The van der Waals surface area contributed by atoms with Gasteiger partial charge in [0.2, 0.25) is 5.95 Å². The van der Waals surface area contributed by atoms with Gasteiger partial charge in [-0.3, -0.25) is 0 Å². The molecular weight excluding hydrogens is 362 g/mol. The minimum Gasteiger partial charge on any atom is -0.495 e. The number of aromatic nitrogens is 2. The molecule has 0 saturated heterocycles. The lowest BCUT2D eigenvalue weighted by Crippen LogP contribution is -2.21. The molecule has 0 bridgehead atoms. The number of hydrogen-bond acceptors (Lipinski definition) is 6. The van der Waals surface area contributed by atoms with Crippen molar-refractivity contribution in [1.82, 2.24) is 9.97 Å². The Labute approximate surface area is 173 Å². The summed E-state index contributed by atoms with van der Waals surface area (Å²) in [6.07, 6.45) is 0. The molecule has 0 aliphatic carbocycles. The van der Waals surface area contributed by atoms with E-state index in [0.717, 1.165) is 47.3 Å². The molecule has 2 aromatic carbocycles. The first-order chi connectivity index (χ1) is 14.0. The Morgan fingerprint density at radius 3 is 2.28 bits per heavy atom. The summed E-state index contributed by atoms with van der Waals surface area (Å²) in [7, 11) is 1.65. The number of aryl methyl sites for hydroxylation is 2. The summed E-state index contributed by atoms with van der Waals surface area (Å²) < 4.78 is 5.44. The van der Waals surface area contributed by atoms with Gasteiger partial charge in [0.25, 0.3) is 0 Å². The van der Waals surface area contributed by atoms with Crippen molar-refractivity contribution in [3.8, 4) is 5.75 Å². The number of rotatable bonds is 8. The summed E-state index contributed by atoms with van der Waals surface area (Å²) in [6, 6.07) is 16.3. The maximum Gasteiger partial charge on any atom is 0.229 e. The Morgan fingerprint density at radius 1 is 0.897 bits per heavy atom. The van der Waals surface area contributed by atoms with Gasteiger partial charge >= 0.3 is 0 Å². The van der Waals surface area contributed by atoms with Crippen LogP contribution in [0.2, 0.25) is 0 Å². The highest BCUT2D eigenvalue weighted by molar-refractivity contribution is 5.66. The minimum absolute atomic E-state index is 0.524. The number of nitrogens with one attached hydrogen (secondary N) is 2. The molecule has 29 heavy (non-hydrogen) atoms. The second-order valence-corrected chi connectivity index (χ2v) is 6.89. The number of hydrogen-bond donors (Lipinski definition) is 2. The average molecular weight is 392 g/mol. The highest BCUT2D eigenvalue weighted by Gasteiger charge is 2.08. The maximum absolute atomic E-state index is 5.44. The van der Waals surface area contributed by atoms with Crippen molar-refractivity contribution < 1.29 is 4.74 Å². The Kier molecular flexibility index (Phi) is 6.54. The predicted octanol–water partition coefficient (Wildman–Crippen LogP) is 5.44. The first-order valence-electron chi connectivity index (χ1n) is 9.91. The van der Waals surface area contributed by atoms with Crippen LogP contribution in [-0.2, 0) is 0 Å². The second-order valence-electron chi connectivity index (χ2n) is 6.89. The van der Waals surface area contributed by atoms with E-state index < -0.39 is 0 Å². The van der Waals surface area contributed by atoms with Crippen molar-refractivity contribution in [2.75, 3.05) is 35.7 Å². The Morgan fingerprint density at radius 2 is 1.62 bits per heavy atom. The van der Waals surface area contributed by atoms with Crippen molar-refractivity contribution in [3.05, 3.63) is 59.8 Å². The first kappa shape index (κ1) is 20.5. The minimum atomic E-state index is 0.524. The molecule has 0 aliphatic rings. The van der Waals surface area contributed by atoms with Crippen molar-refractivity contribution >= 4 is 28.8 Å². The third-order valence-corrected chi connectivity index (χ3v) is 4.72. The zero-order valence-electron chi connectivity index (χ0n) is 17.8. The Bertz CT molecular complexity index is 952. The van der Waals surface area contributed by atoms with Crippen LogP contribution in [0.15, 0.2) is 48.5 Å². The molecule has 152 valence electrons. The molecule has 0 unspecified atom stereocenters. The number of ether oxygens (including phenoxy) is 1. The molecule has 0 atom stereocenters. The van der Waals surface area contributed by atoms with Crippen LogP contribution < -0.4 is 20.3 Å². The summed E-state index contributed by atoms with van der Waals surface area (Å²) in [5.41, 5.74) is 5.04. The molecule has 6 heteroatoms. The lowest BCUT2D eigenvalue weighted by Gasteiger charge is -2.21. The van der Waals surface area contributed by atoms with Crippen LogP contribution >= 0.6 is 0 Å². The van der Waals surface area contributed by atoms with E-state index in [1.54, 1.807) is 7.11 Å². The van der Waals surface area contributed by atoms with Crippen LogP contribution in [0.5, 0.6) is 5.75 Å². The topological polar surface area (TPSA) is 62.3 Å². The molecule has 0 spiro atoms. The van der Waals surface area contributed by atoms with E-state index in [1.165, 1.54) is 5.69 Å². The van der Waals surface area contributed by atoms with E-state index in [-0.39, 0.29) is 0 Å². The predicted molar refractivity (Wildman–Crippen MR) is 121 cm³/mol. The molecule has 6 nitrogen and oxygen atoms in total. The largest absolute Gasteiger partial charge is 0.495 e. The van der Waals surface area contributed by atoms with Crippen molar-refractivity contribution in [2.24, 2.45) is 0 Å². The standard InChI is InChI=1S/C23H29N5O/c1-6-28(7-2)19-11-9-18(10-12-19)25-22-15-17(4)24-23(27-22)26-20-14-16(3)8-13-21(20)29-5/h8-15H,6-7H2,1-5H3,(H2,24,25,26,27). The van der Waals surface area contributed by atoms with Gasteiger partial charge in [-0.05, 0) is 69.7 Å². The summed E-state index contributed by atoms with van der Waals surface area (Å²) in [4.78, 5) is 11.4. The van der Waals surface area contributed by atoms with E-state index >= 15 is 0 Å². The van der Waals surface area contributed by atoms with Crippen LogP contribution in [0, 0.1) is 13.8 Å². The van der Waals surface area contributed by atoms with Crippen molar-refractivity contribution in [1.29, 1.82) is 0 Å². The van der Waals surface area contributed by atoms with E-state index in [2.05, 4.69) is 63.6 Å². The molecule has 0 saturated carbocycles. The van der Waals surface area contributed by atoms with Crippen LogP contribution in [0.4, 0.5) is 28.8 Å². The lowest BCUT2D eigenvalue weighted by molar-refractivity contribution is 0.416. The highest BCUT2D eigenvalue weighted by atomic mass is 16.5. The average Bonchev–Trinajstić information content (AvgIpc) is 2.70. The maximum atomic E-state index is 5.44. The van der Waals surface area contributed by atoms with Crippen LogP contribution in [0.25, 0.3) is 0 Å². The zero-order valence-corrected chi connectivity index (χ0v) is 17.8. The molecule has 3 aromatic rings. The molecule has 0 radical (unpaired) electrons. The van der Waals surface area contributed by atoms with Gasteiger partial charge in [-0.25, -0.2) is 4.98 Å². The van der Waals surface area contributed by atoms with Crippen molar-refractivity contribution in [3.63, 3.8) is 0 Å². The van der Waals surface area contributed by atoms with Crippen LogP contribution in [0.3, 0.4) is 0 Å². The van der Waals surface area contributed by atoms with E-state index in [1.807, 2.05) is 38.1 Å². The fraction of sp³-hybridized carbons (Fsp3) is 0.304. The zero-order chi connectivity index (χ0) is 20.8. The summed E-state index contributed by atoms with van der Waals surface area (Å²) >= 11 is 0. The number of benzene rings is 2. The molecule has 1 aromatic heterocycles. The second kappa shape index (κ2) is 9.28. The third kappa shape index (κ3) is 5.16. The molecule has 2 N–H and O–H groups in total. The number of methoxy groups -OCH3 is 1. The van der Waals surface area contributed by atoms with Gasteiger partial charge in [-0.2, -0.15) is 4.98 Å². The summed E-state index contributed by atoms with van der Waals surface area (Å²) in [6.45, 7) is 10.3. The Balaban J connectivity index is 1.80. The molecule has 1 heterocycles. The van der Waals surface area contributed by atoms with Gasteiger partial charge in [0, 0.05) is 36.2 Å². The lowest BCUT2D eigenvalue weighted by atomic mass is 10.2. The molecule has 0 amide bonds. The van der Waals surface area contributed by atoms with E-state index in [9.17, 15) is 0 Å². The first-order valence-corrected chi connectivity index (χ1v) is 9.91. The van der Waals surface area contributed by atoms with Gasteiger partial charge in [0.15, 0.2) is 0 Å². The number of nitrogens with zero attached hydrogens (tertiary/aromatic N) is 3.